The molecule has 0 aliphatic heterocycles. The van der Waals surface area contributed by atoms with Crippen molar-refractivity contribution in [1.82, 2.24) is 10.2 Å². The first-order chi connectivity index (χ1) is 15.9. The van der Waals surface area contributed by atoms with Crippen LogP contribution in [0.15, 0.2) is 48.5 Å². The molecule has 2 amide bonds. The van der Waals surface area contributed by atoms with Crippen molar-refractivity contribution in [2.24, 2.45) is 0 Å². The highest BCUT2D eigenvalue weighted by Gasteiger charge is 2.30. The van der Waals surface area contributed by atoms with E-state index in [2.05, 4.69) is 62.5 Å². The molecule has 2 aromatic carbocycles. The summed E-state index contributed by atoms with van der Waals surface area (Å²) in [5.74, 6) is 0.527. The Bertz CT molecular complexity index is 913. The van der Waals surface area contributed by atoms with Crippen LogP contribution in [-0.4, -0.2) is 28.8 Å². The fraction of sp³-hybridized carbons (Fsp3) is 0.517. The number of hydrogen-bond acceptors (Lipinski definition) is 2. The van der Waals surface area contributed by atoms with Crippen LogP contribution in [0.4, 0.5) is 0 Å². The Hall–Kier alpha value is -2.62. The summed E-state index contributed by atoms with van der Waals surface area (Å²) in [4.78, 5) is 28.5. The maximum absolute atomic E-state index is 13.5. The van der Waals surface area contributed by atoms with Gasteiger partial charge < -0.3 is 10.2 Å². The first-order valence-corrected chi connectivity index (χ1v) is 12.6. The van der Waals surface area contributed by atoms with Crippen molar-refractivity contribution in [2.45, 2.75) is 97.2 Å². The molecule has 4 nitrogen and oxygen atoms in total. The third kappa shape index (κ3) is 7.18. The van der Waals surface area contributed by atoms with Gasteiger partial charge in [0.2, 0.25) is 11.8 Å². The van der Waals surface area contributed by atoms with E-state index in [0.717, 1.165) is 29.5 Å². The molecule has 0 saturated heterocycles. The summed E-state index contributed by atoms with van der Waals surface area (Å²) >= 11 is 0. The van der Waals surface area contributed by atoms with Gasteiger partial charge in [0.15, 0.2) is 0 Å². The van der Waals surface area contributed by atoms with Crippen molar-refractivity contribution in [1.29, 1.82) is 0 Å². The van der Waals surface area contributed by atoms with Crippen LogP contribution >= 0.6 is 0 Å². The van der Waals surface area contributed by atoms with Crippen molar-refractivity contribution in [3.63, 3.8) is 0 Å². The van der Waals surface area contributed by atoms with E-state index in [0.29, 0.717) is 31.7 Å². The van der Waals surface area contributed by atoms with Gasteiger partial charge in [-0.15, -0.1) is 0 Å². The van der Waals surface area contributed by atoms with Crippen LogP contribution in [-0.2, 0) is 22.6 Å². The Morgan fingerprint density at radius 1 is 1.03 bits per heavy atom. The normalized spacial score (nSPS) is 14.9. The monoisotopic (exact) mass is 448 g/mol. The van der Waals surface area contributed by atoms with Crippen LogP contribution in [0.25, 0.3) is 0 Å². The van der Waals surface area contributed by atoms with Gasteiger partial charge in [0.25, 0.3) is 0 Å². The topological polar surface area (TPSA) is 49.4 Å². The van der Waals surface area contributed by atoms with Gasteiger partial charge in [-0.25, -0.2) is 0 Å². The second kappa shape index (κ2) is 12.0. The van der Waals surface area contributed by atoms with E-state index in [1.165, 1.54) is 18.4 Å². The highest BCUT2D eigenvalue weighted by atomic mass is 16.2. The van der Waals surface area contributed by atoms with Crippen LogP contribution in [0, 0.1) is 6.92 Å². The molecule has 1 atom stereocenters. The molecule has 1 aliphatic carbocycles. The van der Waals surface area contributed by atoms with E-state index in [1.807, 2.05) is 24.0 Å². The average Bonchev–Trinajstić information content (AvgIpc) is 3.30. The largest absolute Gasteiger partial charge is 0.352 e. The molecular weight excluding hydrogens is 408 g/mol. The van der Waals surface area contributed by atoms with E-state index in [4.69, 9.17) is 0 Å². The molecule has 0 spiro atoms. The Kier molecular flexibility index (Phi) is 9.11. The number of hydrogen-bond donors (Lipinski definition) is 1. The molecule has 33 heavy (non-hydrogen) atoms. The second-order valence-electron chi connectivity index (χ2n) is 9.82. The number of carbonyl (C=O) groups is 2. The van der Waals surface area contributed by atoms with Gasteiger partial charge in [-0.05, 0) is 55.2 Å². The summed E-state index contributed by atoms with van der Waals surface area (Å²) in [6.45, 7) is 8.89. The second-order valence-corrected chi connectivity index (χ2v) is 9.82. The molecule has 0 heterocycles. The molecule has 0 bridgehead atoms. The molecule has 4 heteroatoms. The van der Waals surface area contributed by atoms with Gasteiger partial charge in [0, 0.05) is 19.0 Å². The lowest BCUT2D eigenvalue weighted by Gasteiger charge is -2.31. The van der Waals surface area contributed by atoms with Crippen LogP contribution in [0.3, 0.4) is 0 Å². The zero-order valence-corrected chi connectivity index (χ0v) is 20.8. The van der Waals surface area contributed by atoms with Crippen molar-refractivity contribution >= 4 is 11.8 Å². The zero-order chi connectivity index (χ0) is 23.8. The maximum atomic E-state index is 13.5. The van der Waals surface area contributed by atoms with Crippen molar-refractivity contribution in [3.8, 4) is 0 Å². The first-order valence-electron chi connectivity index (χ1n) is 12.6. The van der Waals surface area contributed by atoms with E-state index >= 15 is 0 Å². The van der Waals surface area contributed by atoms with Gasteiger partial charge >= 0.3 is 0 Å². The predicted molar refractivity (Wildman–Crippen MR) is 135 cm³/mol. The Morgan fingerprint density at radius 2 is 1.73 bits per heavy atom. The summed E-state index contributed by atoms with van der Waals surface area (Å²) in [6.07, 6.45) is 6.12. The van der Waals surface area contributed by atoms with Crippen LogP contribution in [0.5, 0.6) is 0 Å². The van der Waals surface area contributed by atoms with Crippen LogP contribution in [0.1, 0.15) is 87.5 Å². The van der Waals surface area contributed by atoms with Gasteiger partial charge in [-0.2, -0.15) is 0 Å². The number of nitrogens with one attached hydrogen (secondary N) is 1. The molecule has 1 fully saturated rings. The summed E-state index contributed by atoms with van der Waals surface area (Å²) in [6, 6.07) is 16.6. The molecule has 178 valence electrons. The zero-order valence-electron chi connectivity index (χ0n) is 20.8. The summed E-state index contributed by atoms with van der Waals surface area (Å²) in [5.41, 5.74) is 4.69. The number of amides is 2. The minimum Gasteiger partial charge on any atom is -0.352 e. The van der Waals surface area contributed by atoms with E-state index in [1.54, 1.807) is 0 Å². The van der Waals surface area contributed by atoms with Crippen LogP contribution in [0.2, 0.25) is 0 Å². The van der Waals surface area contributed by atoms with Crippen molar-refractivity contribution < 1.29 is 9.59 Å². The lowest BCUT2D eigenvalue weighted by Crippen LogP contribution is -2.51. The molecule has 1 aliphatic rings. The number of nitrogens with zero attached hydrogens (tertiary/aromatic N) is 1. The fourth-order valence-electron chi connectivity index (χ4n) is 4.76. The van der Waals surface area contributed by atoms with Gasteiger partial charge in [-0.3, -0.25) is 9.59 Å². The van der Waals surface area contributed by atoms with E-state index in [-0.39, 0.29) is 17.9 Å². The fourth-order valence-corrected chi connectivity index (χ4v) is 4.76. The maximum Gasteiger partial charge on any atom is 0.243 e. The molecule has 0 unspecified atom stereocenters. The Morgan fingerprint density at radius 3 is 2.33 bits per heavy atom. The minimum absolute atomic E-state index is 0.00770. The third-order valence-corrected chi connectivity index (χ3v) is 6.80. The summed E-state index contributed by atoms with van der Waals surface area (Å²) < 4.78 is 0. The number of carbonyl (C=O) groups excluding carboxylic acids is 2. The van der Waals surface area contributed by atoms with Crippen molar-refractivity contribution in [3.05, 3.63) is 70.8 Å². The predicted octanol–water partition coefficient (Wildman–Crippen LogP) is 5.92. The SMILES string of the molecule is CC[C@H](C(=O)NC1CCCC1)N(Cc1cccc(C)c1)C(=O)CCc1ccc(C(C)C)cc1. The van der Waals surface area contributed by atoms with Gasteiger partial charge in [-0.1, -0.05) is 87.7 Å². The van der Waals surface area contributed by atoms with Gasteiger partial charge in [0.05, 0.1) is 0 Å². The smallest absolute Gasteiger partial charge is 0.243 e. The lowest BCUT2D eigenvalue weighted by atomic mass is 10.00. The number of rotatable bonds is 10. The lowest BCUT2D eigenvalue weighted by molar-refractivity contribution is -0.141. The molecule has 0 radical (unpaired) electrons. The van der Waals surface area contributed by atoms with E-state index < -0.39 is 6.04 Å². The Balaban J connectivity index is 1.74. The Labute approximate surface area is 199 Å². The average molecular weight is 449 g/mol. The van der Waals surface area contributed by atoms with Gasteiger partial charge in [0.1, 0.15) is 6.04 Å². The summed E-state index contributed by atoms with van der Waals surface area (Å²) in [5, 5.41) is 3.22. The molecule has 0 aromatic heterocycles. The number of aryl methyl sites for hydroxylation is 2. The molecule has 2 aromatic rings. The molecular formula is C29H40N2O2. The first kappa shape index (κ1) is 25.0. The standard InChI is InChI=1S/C29H40N2O2/c1-5-27(29(33)30-26-11-6-7-12-26)31(20-24-10-8-9-22(4)19-24)28(32)18-15-23-13-16-25(17-14-23)21(2)3/h8-10,13-14,16-17,19,21,26-27H,5-7,11-12,15,18,20H2,1-4H3,(H,30,33)/t27-/m1/s1. The molecule has 3 rings (SSSR count). The minimum atomic E-state index is -0.443. The highest BCUT2D eigenvalue weighted by molar-refractivity contribution is 5.88. The molecule has 1 saturated carbocycles. The van der Waals surface area contributed by atoms with Crippen molar-refractivity contribution in [2.75, 3.05) is 0 Å². The van der Waals surface area contributed by atoms with E-state index in [9.17, 15) is 9.59 Å². The third-order valence-electron chi connectivity index (χ3n) is 6.80. The number of benzene rings is 2. The highest BCUT2D eigenvalue weighted by Crippen LogP contribution is 2.21. The van der Waals surface area contributed by atoms with Crippen LogP contribution < -0.4 is 5.32 Å². The quantitative estimate of drug-likeness (QED) is 0.491. The summed E-state index contributed by atoms with van der Waals surface area (Å²) in [7, 11) is 0. The molecule has 1 N–H and O–H groups in total.